The maximum Gasteiger partial charge on any atom is 0.416 e. The van der Waals surface area contributed by atoms with Gasteiger partial charge in [0.15, 0.2) is 0 Å². The Kier molecular flexibility index (Phi) is 6.85. The number of anilines is 2. The van der Waals surface area contributed by atoms with Gasteiger partial charge in [0.05, 0.1) is 17.4 Å². The van der Waals surface area contributed by atoms with Crippen molar-refractivity contribution in [1.29, 1.82) is 0 Å². The Morgan fingerprint density at radius 2 is 1.73 bits per heavy atom. The van der Waals surface area contributed by atoms with E-state index < -0.39 is 17.6 Å². The predicted molar refractivity (Wildman–Crippen MR) is 123 cm³/mol. The molecule has 4 rings (SSSR count). The van der Waals surface area contributed by atoms with Gasteiger partial charge in [-0.05, 0) is 48.0 Å². The minimum Gasteiger partial charge on any atom is -0.354 e. The maximum absolute atomic E-state index is 12.9. The van der Waals surface area contributed by atoms with Crippen molar-refractivity contribution in [2.75, 3.05) is 36.4 Å². The van der Waals surface area contributed by atoms with E-state index in [1.807, 2.05) is 24.3 Å². The summed E-state index contributed by atoms with van der Waals surface area (Å²) in [5.41, 5.74) is 0.707. The van der Waals surface area contributed by atoms with Crippen molar-refractivity contribution >= 4 is 29.0 Å². The van der Waals surface area contributed by atoms with E-state index in [1.54, 1.807) is 12.1 Å². The normalized spacial score (nSPS) is 14.8. The van der Waals surface area contributed by atoms with E-state index in [1.165, 1.54) is 23.9 Å². The third-order valence-corrected chi connectivity index (χ3v) is 5.73. The molecule has 0 atom stereocenters. The third-order valence-electron chi connectivity index (χ3n) is 5.47. The zero-order valence-electron chi connectivity index (χ0n) is 17.6. The first-order valence-corrected chi connectivity index (χ1v) is 10.8. The molecule has 2 aromatic carbocycles. The van der Waals surface area contributed by atoms with Crippen molar-refractivity contribution in [3.63, 3.8) is 0 Å². The van der Waals surface area contributed by atoms with Crippen LogP contribution in [0.25, 0.3) is 0 Å². The van der Waals surface area contributed by atoms with Crippen LogP contribution in [0, 0.1) is 0 Å². The SMILES string of the molecule is O=C(Nc1ccc(N2CCN(Cc3ccc(Cl)cc3)CC2)nc1)c1cccc(C(F)(F)F)c1. The van der Waals surface area contributed by atoms with E-state index in [4.69, 9.17) is 11.6 Å². The summed E-state index contributed by atoms with van der Waals surface area (Å²) >= 11 is 5.94. The maximum atomic E-state index is 12.9. The second-order valence-corrected chi connectivity index (χ2v) is 8.26. The lowest BCUT2D eigenvalue weighted by Crippen LogP contribution is -2.46. The Bertz CT molecular complexity index is 1100. The average molecular weight is 475 g/mol. The molecule has 0 unspecified atom stereocenters. The lowest BCUT2D eigenvalue weighted by molar-refractivity contribution is -0.137. The summed E-state index contributed by atoms with van der Waals surface area (Å²) in [6.07, 6.45) is -2.99. The highest BCUT2D eigenvalue weighted by atomic mass is 35.5. The molecule has 3 aromatic rings. The van der Waals surface area contributed by atoms with Gasteiger partial charge in [0, 0.05) is 43.3 Å². The Labute approximate surface area is 194 Å². The van der Waals surface area contributed by atoms with Crippen LogP contribution in [0.5, 0.6) is 0 Å². The van der Waals surface area contributed by atoms with Gasteiger partial charge in [0.2, 0.25) is 0 Å². The number of nitrogens with zero attached hydrogens (tertiary/aromatic N) is 3. The van der Waals surface area contributed by atoms with E-state index in [0.29, 0.717) is 5.69 Å². The molecule has 0 radical (unpaired) electrons. The zero-order valence-corrected chi connectivity index (χ0v) is 18.4. The third kappa shape index (κ3) is 6.03. The molecule has 5 nitrogen and oxygen atoms in total. The summed E-state index contributed by atoms with van der Waals surface area (Å²) in [6, 6.07) is 15.7. The Balaban J connectivity index is 1.31. The molecule has 1 N–H and O–H groups in total. The number of nitrogens with one attached hydrogen (secondary N) is 1. The van der Waals surface area contributed by atoms with Gasteiger partial charge in [-0.3, -0.25) is 9.69 Å². The average Bonchev–Trinajstić information content (AvgIpc) is 2.81. The van der Waals surface area contributed by atoms with Crippen molar-refractivity contribution in [1.82, 2.24) is 9.88 Å². The number of benzene rings is 2. The molecule has 2 heterocycles. The fraction of sp³-hybridized carbons (Fsp3) is 0.250. The molecule has 1 fully saturated rings. The number of hydrogen-bond acceptors (Lipinski definition) is 4. The van der Waals surface area contributed by atoms with E-state index >= 15 is 0 Å². The number of pyridine rings is 1. The lowest BCUT2D eigenvalue weighted by Gasteiger charge is -2.35. The van der Waals surface area contributed by atoms with Crippen LogP contribution in [0.2, 0.25) is 5.02 Å². The molecule has 1 amide bonds. The molecular formula is C24H22ClF3N4O. The number of halogens is 4. The monoisotopic (exact) mass is 474 g/mol. The smallest absolute Gasteiger partial charge is 0.354 e. The van der Waals surface area contributed by atoms with Gasteiger partial charge < -0.3 is 10.2 Å². The first-order chi connectivity index (χ1) is 15.8. The molecule has 0 bridgehead atoms. The summed E-state index contributed by atoms with van der Waals surface area (Å²) in [5, 5.41) is 3.33. The summed E-state index contributed by atoms with van der Waals surface area (Å²) in [6.45, 7) is 4.27. The first-order valence-electron chi connectivity index (χ1n) is 10.4. The molecule has 33 heavy (non-hydrogen) atoms. The number of amides is 1. The van der Waals surface area contributed by atoms with E-state index in [9.17, 15) is 18.0 Å². The molecule has 1 aliphatic rings. The molecule has 1 aliphatic heterocycles. The number of hydrogen-bond donors (Lipinski definition) is 1. The molecule has 1 saturated heterocycles. The second kappa shape index (κ2) is 9.80. The van der Waals surface area contributed by atoms with Crippen LogP contribution in [0.15, 0.2) is 66.9 Å². The van der Waals surface area contributed by atoms with Crippen molar-refractivity contribution < 1.29 is 18.0 Å². The van der Waals surface area contributed by atoms with Gasteiger partial charge >= 0.3 is 6.18 Å². The van der Waals surface area contributed by atoms with Crippen LogP contribution in [0.3, 0.4) is 0 Å². The fourth-order valence-corrected chi connectivity index (χ4v) is 3.80. The van der Waals surface area contributed by atoms with Crippen LogP contribution in [0.4, 0.5) is 24.7 Å². The van der Waals surface area contributed by atoms with Crippen molar-refractivity contribution in [3.05, 3.63) is 88.6 Å². The lowest BCUT2D eigenvalue weighted by atomic mass is 10.1. The van der Waals surface area contributed by atoms with Crippen LogP contribution in [-0.4, -0.2) is 42.0 Å². The van der Waals surface area contributed by atoms with Crippen molar-refractivity contribution in [2.45, 2.75) is 12.7 Å². The summed E-state index contributed by atoms with van der Waals surface area (Å²) in [5.74, 6) is 0.171. The summed E-state index contributed by atoms with van der Waals surface area (Å²) in [7, 11) is 0. The standard InChI is InChI=1S/C24H22ClF3N4O/c25-20-6-4-17(5-7-20)16-31-10-12-32(13-11-31)22-9-8-21(15-29-22)30-23(33)18-2-1-3-19(14-18)24(26,27)28/h1-9,14-15H,10-13,16H2,(H,30,33). The molecule has 0 saturated carbocycles. The summed E-state index contributed by atoms with van der Waals surface area (Å²) in [4.78, 5) is 21.3. The Hall–Kier alpha value is -3.10. The number of carbonyl (C=O) groups excluding carboxylic acids is 1. The molecular weight excluding hydrogens is 453 g/mol. The van der Waals surface area contributed by atoms with Gasteiger partial charge in [-0.1, -0.05) is 29.8 Å². The highest BCUT2D eigenvalue weighted by Gasteiger charge is 2.31. The minimum absolute atomic E-state index is 0.0642. The first kappa shape index (κ1) is 23.1. The molecule has 0 aliphatic carbocycles. The summed E-state index contributed by atoms with van der Waals surface area (Å²) < 4.78 is 38.6. The number of piperazine rings is 1. The molecule has 172 valence electrons. The topological polar surface area (TPSA) is 48.5 Å². The van der Waals surface area contributed by atoms with Gasteiger partial charge in [-0.25, -0.2) is 4.98 Å². The van der Waals surface area contributed by atoms with Gasteiger partial charge in [0.1, 0.15) is 5.82 Å². The van der Waals surface area contributed by atoms with E-state index in [2.05, 4.69) is 20.1 Å². The van der Waals surface area contributed by atoms with Crippen LogP contribution in [0.1, 0.15) is 21.5 Å². The highest BCUT2D eigenvalue weighted by Crippen LogP contribution is 2.29. The highest BCUT2D eigenvalue weighted by molar-refractivity contribution is 6.30. The Morgan fingerprint density at radius 1 is 1.00 bits per heavy atom. The molecule has 0 spiro atoms. The molecule has 9 heteroatoms. The second-order valence-electron chi connectivity index (χ2n) is 7.83. The van der Waals surface area contributed by atoms with Gasteiger partial charge in [-0.2, -0.15) is 13.2 Å². The number of rotatable bonds is 5. The van der Waals surface area contributed by atoms with Gasteiger partial charge in [0.25, 0.3) is 5.91 Å². The van der Waals surface area contributed by atoms with E-state index in [0.717, 1.165) is 55.7 Å². The van der Waals surface area contributed by atoms with Gasteiger partial charge in [-0.15, -0.1) is 0 Å². The quantitative estimate of drug-likeness (QED) is 0.543. The minimum atomic E-state index is -4.50. The van der Waals surface area contributed by atoms with Crippen LogP contribution < -0.4 is 10.2 Å². The van der Waals surface area contributed by atoms with Crippen molar-refractivity contribution in [2.24, 2.45) is 0 Å². The van der Waals surface area contributed by atoms with Crippen molar-refractivity contribution in [3.8, 4) is 0 Å². The van der Waals surface area contributed by atoms with E-state index in [-0.39, 0.29) is 5.56 Å². The molecule has 1 aromatic heterocycles. The Morgan fingerprint density at radius 3 is 2.36 bits per heavy atom. The van der Waals surface area contributed by atoms with Crippen LogP contribution in [-0.2, 0) is 12.7 Å². The largest absolute Gasteiger partial charge is 0.416 e. The fourth-order valence-electron chi connectivity index (χ4n) is 3.67. The number of carbonyl (C=O) groups is 1. The van der Waals surface area contributed by atoms with Crippen LogP contribution >= 0.6 is 11.6 Å². The number of alkyl halides is 3. The zero-order chi connectivity index (χ0) is 23.4. The predicted octanol–water partition coefficient (Wildman–Crippen LogP) is 5.33. The number of aromatic nitrogens is 1.